The number of nitrogens with one attached hydrogen (secondary N) is 2. The van der Waals surface area contributed by atoms with Crippen molar-refractivity contribution in [3.63, 3.8) is 0 Å². The van der Waals surface area contributed by atoms with Crippen LogP contribution in [0, 0.1) is 0 Å². The monoisotopic (exact) mass is 262 g/mol. The van der Waals surface area contributed by atoms with Crippen LogP contribution < -0.4 is 15.6 Å². The van der Waals surface area contributed by atoms with Crippen molar-refractivity contribution in [3.05, 3.63) is 29.8 Å². The first-order chi connectivity index (χ1) is 8.97. The normalized spacial score (nSPS) is 14.3. The van der Waals surface area contributed by atoms with E-state index in [1.165, 1.54) is 0 Å². The number of urea groups is 1. The van der Waals surface area contributed by atoms with E-state index in [2.05, 4.69) is 10.7 Å². The van der Waals surface area contributed by atoms with Crippen molar-refractivity contribution >= 4 is 23.5 Å². The number of hydrogen-bond donors (Lipinski definition) is 2. The number of benzene rings is 1. The molecule has 100 valence electrons. The van der Waals surface area contributed by atoms with Crippen molar-refractivity contribution in [1.82, 2.24) is 15.8 Å². The second-order valence-corrected chi connectivity index (χ2v) is 4.33. The summed E-state index contributed by atoms with van der Waals surface area (Å²) in [6.07, 6.45) is 0. The second-order valence-electron chi connectivity index (χ2n) is 4.33. The molecule has 0 atom stereocenters. The van der Waals surface area contributed by atoms with Gasteiger partial charge in [0.2, 0.25) is 5.91 Å². The van der Waals surface area contributed by atoms with Gasteiger partial charge >= 0.3 is 6.03 Å². The third kappa shape index (κ3) is 2.82. The van der Waals surface area contributed by atoms with Gasteiger partial charge in [0, 0.05) is 25.3 Å². The van der Waals surface area contributed by atoms with Gasteiger partial charge in [-0.05, 0) is 18.2 Å². The van der Waals surface area contributed by atoms with Gasteiger partial charge in [-0.2, -0.15) is 0 Å². The minimum Gasteiger partial charge on any atom is -0.378 e. The number of imide groups is 1. The van der Waals surface area contributed by atoms with E-state index in [1.807, 2.05) is 25.1 Å². The average Bonchev–Trinajstić information content (AvgIpc) is 2.68. The molecule has 0 radical (unpaired) electrons. The number of rotatable bonds is 3. The molecule has 7 nitrogen and oxygen atoms in total. The van der Waals surface area contributed by atoms with Crippen LogP contribution in [0.25, 0.3) is 0 Å². The molecule has 0 unspecified atom stereocenters. The van der Waals surface area contributed by atoms with Crippen LogP contribution in [0.15, 0.2) is 24.3 Å². The Hall–Kier alpha value is -2.57. The van der Waals surface area contributed by atoms with Gasteiger partial charge < -0.3 is 4.90 Å². The van der Waals surface area contributed by atoms with Crippen LogP contribution in [-0.4, -0.2) is 43.5 Å². The summed E-state index contributed by atoms with van der Waals surface area (Å²) >= 11 is 0. The first-order valence-corrected chi connectivity index (χ1v) is 5.67. The van der Waals surface area contributed by atoms with Crippen molar-refractivity contribution in [2.24, 2.45) is 0 Å². The van der Waals surface area contributed by atoms with Crippen LogP contribution in [-0.2, 0) is 4.79 Å². The zero-order valence-electron chi connectivity index (χ0n) is 10.6. The third-order valence-corrected chi connectivity index (χ3v) is 2.65. The number of anilines is 1. The molecule has 1 aromatic carbocycles. The molecular weight excluding hydrogens is 248 g/mol. The van der Waals surface area contributed by atoms with Crippen LogP contribution in [0.2, 0.25) is 0 Å². The molecule has 2 rings (SSSR count). The lowest BCUT2D eigenvalue weighted by Crippen LogP contribution is -2.44. The average molecular weight is 262 g/mol. The molecule has 1 fully saturated rings. The molecular formula is C12H14N4O3. The summed E-state index contributed by atoms with van der Waals surface area (Å²) in [4.78, 5) is 36.1. The Morgan fingerprint density at radius 2 is 2.11 bits per heavy atom. The molecule has 1 aromatic rings. The van der Waals surface area contributed by atoms with Gasteiger partial charge in [0.1, 0.15) is 6.54 Å². The van der Waals surface area contributed by atoms with Crippen molar-refractivity contribution in [2.75, 3.05) is 25.5 Å². The molecule has 0 spiro atoms. The standard InChI is InChI=1S/C12H14N4O3/c1-15(2)9-5-3-4-8(6-9)11(18)14-16-7-10(17)13-12(16)19/h3-6H,7H2,1-2H3,(H,14,18)(H,13,17,19). The Bertz CT molecular complexity index is 542. The zero-order chi connectivity index (χ0) is 14.0. The van der Waals surface area contributed by atoms with E-state index in [-0.39, 0.29) is 6.54 Å². The maximum atomic E-state index is 12.0. The summed E-state index contributed by atoms with van der Waals surface area (Å²) in [6.45, 7) is -0.169. The summed E-state index contributed by atoms with van der Waals surface area (Å²) in [7, 11) is 3.73. The number of carbonyl (C=O) groups is 3. The second kappa shape index (κ2) is 4.97. The highest BCUT2D eigenvalue weighted by atomic mass is 16.2. The van der Waals surface area contributed by atoms with Gasteiger partial charge in [-0.1, -0.05) is 6.07 Å². The molecule has 1 aliphatic heterocycles. The molecule has 4 amide bonds. The highest BCUT2D eigenvalue weighted by molar-refractivity contribution is 6.04. The molecule has 0 bridgehead atoms. The van der Waals surface area contributed by atoms with Gasteiger partial charge in [0.25, 0.3) is 5.91 Å². The minimum atomic E-state index is -0.623. The van der Waals surface area contributed by atoms with E-state index >= 15 is 0 Å². The summed E-state index contributed by atoms with van der Waals surface area (Å²) < 4.78 is 0. The lowest BCUT2D eigenvalue weighted by atomic mass is 10.2. The van der Waals surface area contributed by atoms with E-state index in [4.69, 9.17) is 0 Å². The summed E-state index contributed by atoms with van der Waals surface area (Å²) in [5, 5.41) is 3.03. The largest absolute Gasteiger partial charge is 0.378 e. The van der Waals surface area contributed by atoms with Crippen LogP contribution in [0.5, 0.6) is 0 Å². The Labute approximate surface area is 110 Å². The van der Waals surface area contributed by atoms with Gasteiger partial charge in [0.05, 0.1) is 0 Å². The lowest BCUT2D eigenvalue weighted by Gasteiger charge is -2.16. The maximum absolute atomic E-state index is 12.0. The third-order valence-electron chi connectivity index (χ3n) is 2.65. The van der Waals surface area contributed by atoms with Gasteiger partial charge in [-0.25, -0.2) is 9.80 Å². The molecule has 0 aliphatic carbocycles. The predicted molar refractivity (Wildman–Crippen MR) is 68.5 cm³/mol. The molecule has 19 heavy (non-hydrogen) atoms. The molecule has 1 saturated heterocycles. The van der Waals surface area contributed by atoms with Crippen LogP contribution in [0.4, 0.5) is 10.5 Å². The SMILES string of the molecule is CN(C)c1cccc(C(=O)NN2CC(=O)NC2=O)c1. The Morgan fingerprint density at radius 1 is 1.37 bits per heavy atom. The fraction of sp³-hybridized carbons (Fsp3) is 0.250. The molecule has 0 saturated carbocycles. The molecule has 7 heteroatoms. The lowest BCUT2D eigenvalue weighted by molar-refractivity contribution is -0.118. The van der Waals surface area contributed by atoms with Crippen molar-refractivity contribution in [3.8, 4) is 0 Å². The van der Waals surface area contributed by atoms with E-state index in [9.17, 15) is 14.4 Å². The van der Waals surface area contributed by atoms with E-state index < -0.39 is 17.8 Å². The van der Waals surface area contributed by atoms with E-state index in [1.54, 1.807) is 18.2 Å². The number of carbonyl (C=O) groups excluding carboxylic acids is 3. The predicted octanol–water partition coefficient (Wildman–Crippen LogP) is -0.0508. The molecule has 1 heterocycles. The topological polar surface area (TPSA) is 81.8 Å². The van der Waals surface area contributed by atoms with Crippen molar-refractivity contribution in [2.45, 2.75) is 0 Å². The summed E-state index contributed by atoms with van der Waals surface area (Å²) in [6, 6.07) is 6.33. The van der Waals surface area contributed by atoms with E-state index in [0.717, 1.165) is 10.7 Å². The Balaban J connectivity index is 2.10. The fourth-order valence-corrected chi connectivity index (χ4v) is 1.64. The van der Waals surface area contributed by atoms with Crippen molar-refractivity contribution in [1.29, 1.82) is 0 Å². The first-order valence-electron chi connectivity index (χ1n) is 5.67. The Morgan fingerprint density at radius 3 is 2.68 bits per heavy atom. The zero-order valence-corrected chi connectivity index (χ0v) is 10.6. The van der Waals surface area contributed by atoms with Crippen molar-refractivity contribution < 1.29 is 14.4 Å². The smallest absolute Gasteiger partial charge is 0.343 e. The Kier molecular flexibility index (Phi) is 3.37. The van der Waals surface area contributed by atoms with Crippen LogP contribution in [0.1, 0.15) is 10.4 Å². The summed E-state index contributed by atoms with van der Waals surface area (Å²) in [5.74, 6) is -0.874. The van der Waals surface area contributed by atoms with E-state index in [0.29, 0.717) is 5.56 Å². The first kappa shape index (κ1) is 12.9. The quantitative estimate of drug-likeness (QED) is 0.748. The highest BCUT2D eigenvalue weighted by Crippen LogP contribution is 2.13. The van der Waals surface area contributed by atoms with Gasteiger partial charge in [-0.15, -0.1) is 0 Å². The number of hydrazine groups is 1. The summed E-state index contributed by atoms with van der Waals surface area (Å²) in [5.41, 5.74) is 3.67. The molecule has 1 aliphatic rings. The van der Waals surface area contributed by atoms with Crippen LogP contribution in [0.3, 0.4) is 0 Å². The minimum absolute atomic E-state index is 0.169. The molecule has 0 aromatic heterocycles. The molecule has 2 N–H and O–H groups in total. The number of nitrogens with zero attached hydrogens (tertiary/aromatic N) is 2. The fourth-order valence-electron chi connectivity index (χ4n) is 1.64. The number of hydrogen-bond acceptors (Lipinski definition) is 4. The van der Waals surface area contributed by atoms with Crippen LogP contribution >= 0.6 is 0 Å². The van der Waals surface area contributed by atoms with Gasteiger partial charge in [-0.3, -0.25) is 20.3 Å². The number of amides is 4. The maximum Gasteiger partial charge on any atom is 0.343 e. The highest BCUT2D eigenvalue weighted by Gasteiger charge is 2.28. The van der Waals surface area contributed by atoms with Gasteiger partial charge in [0.15, 0.2) is 0 Å².